The van der Waals surface area contributed by atoms with Gasteiger partial charge in [-0.2, -0.15) is 0 Å². The van der Waals surface area contributed by atoms with Crippen molar-refractivity contribution in [2.45, 2.75) is 11.7 Å². The van der Waals surface area contributed by atoms with Crippen LogP contribution in [0.1, 0.15) is 5.56 Å². The lowest BCUT2D eigenvalue weighted by atomic mass is 10.2. The molecule has 3 rings (SSSR count). The van der Waals surface area contributed by atoms with E-state index in [0.717, 1.165) is 21.8 Å². The average Bonchev–Trinajstić information content (AvgIpc) is 2.92. The third-order valence-electron chi connectivity index (χ3n) is 3.42. The number of carbonyl (C=O) groups is 1. The lowest BCUT2D eigenvalue weighted by Crippen LogP contribution is -2.06. The number of fused-ring (bicyclic) bond motifs is 1. The number of aromatic nitrogens is 2. The molecule has 0 unspecified atom stereocenters. The maximum absolute atomic E-state index is 13.1. The first-order chi connectivity index (χ1) is 11.2. The highest BCUT2D eigenvalue weighted by atomic mass is 32.2. The van der Waals surface area contributed by atoms with Gasteiger partial charge < -0.3 is 9.30 Å². The third-order valence-corrected chi connectivity index (χ3v) is 4.37. The number of ether oxygens (including phenoxy) is 1. The maximum Gasteiger partial charge on any atom is 0.316 e. The van der Waals surface area contributed by atoms with Crippen LogP contribution in [0.25, 0.3) is 11.0 Å². The zero-order valence-electron chi connectivity index (χ0n) is 12.5. The molecule has 0 amide bonds. The number of halogens is 1. The van der Waals surface area contributed by atoms with Crippen molar-refractivity contribution in [1.82, 2.24) is 9.55 Å². The van der Waals surface area contributed by atoms with Gasteiger partial charge in [0.1, 0.15) is 5.82 Å². The Balaban J connectivity index is 1.95. The van der Waals surface area contributed by atoms with Gasteiger partial charge in [-0.1, -0.05) is 36.0 Å². The lowest BCUT2D eigenvalue weighted by molar-refractivity contribution is -0.137. The predicted octanol–water partition coefficient (Wildman–Crippen LogP) is 3.49. The predicted molar refractivity (Wildman–Crippen MR) is 88.0 cm³/mol. The normalized spacial score (nSPS) is 10.9. The Morgan fingerprint density at radius 1 is 1.22 bits per heavy atom. The molecule has 0 spiro atoms. The molecule has 0 bridgehead atoms. The van der Waals surface area contributed by atoms with Crippen molar-refractivity contribution in [2.75, 3.05) is 12.9 Å². The van der Waals surface area contributed by atoms with E-state index in [-0.39, 0.29) is 17.5 Å². The smallest absolute Gasteiger partial charge is 0.316 e. The number of para-hydroxylation sites is 2. The molecule has 1 heterocycles. The van der Waals surface area contributed by atoms with Crippen molar-refractivity contribution in [1.29, 1.82) is 0 Å². The summed E-state index contributed by atoms with van der Waals surface area (Å²) in [4.78, 5) is 16.0. The van der Waals surface area contributed by atoms with E-state index in [1.54, 1.807) is 12.1 Å². The fraction of sp³-hybridized carbons (Fsp3) is 0.176. The molecule has 2 aromatic carbocycles. The van der Waals surface area contributed by atoms with Crippen molar-refractivity contribution in [2.24, 2.45) is 0 Å². The topological polar surface area (TPSA) is 44.1 Å². The van der Waals surface area contributed by atoms with Crippen LogP contribution in [0.3, 0.4) is 0 Å². The largest absolute Gasteiger partial charge is 0.468 e. The molecule has 0 aliphatic rings. The Bertz CT molecular complexity index is 830. The summed E-state index contributed by atoms with van der Waals surface area (Å²) in [5.74, 6) is -0.358. The fourth-order valence-corrected chi connectivity index (χ4v) is 3.12. The molecule has 1 aromatic heterocycles. The monoisotopic (exact) mass is 330 g/mol. The standard InChI is InChI=1S/C17H15FN2O2S/c1-22-16(21)11-23-17-19-14-4-2-3-5-15(14)20(17)10-12-6-8-13(18)9-7-12/h2-9H,10-11H2,1H3. The fourth-order valence-electron chi connectivity index (χ4n) is 2.27. The minimum Gasteiger partial charge on any atom is -0.468 e. The van der Waals surface area contributed by atoms with E-state index in [0.29, 0.717) is 6.54 Å². The number of rotatable bonds is 5. The van der Waals surface area contributed by atoms with Crippen molar-refractivity contribution < 1.29 is 13.9 Å². The second kappa shape index (κ2) is 6.83. The summed E-state index contributed by atoms with van der Waals surface area (Å²) in [6, 6.07) is 14.2. The first kappa shape index (κ1) is 15.6. The highest BCUT2D eigenvalue weighted by Gasteiger charge is 2.13. The van der Waals surface area contributed by atoms with Crippen molar-refractivity contribution in [3.63, 3.8) is 0 Å². The molecule has 0 aliphatic carbocycles. The molecule has 0 radical (unpaired) electrons. The maximum atomic E-state index is 13.1. The summed E-state index contributed by atoms with van der Waals surface area (Å²) >= 11 is 1.33. The quantitative estimate of drug-likeness (QED) is 0.531. The van der Waals surface area contributed by atoms with Gasteiger partial charge in [0, 0.05) is 0 Å². The Labute approximate surface area is 137 Å². The molecule has 23 heavy (non-hydrogen) atoms. The van der Waals surface area contributed by atoms with Gasteiger partial charge in [-0.3, -0.25) is 4.79 Å². The number of esters is 1. The van der Waals surface area contributed by atoms with Gasteiger partial charge in [0.25, 0.3) is 0 Å². The summed E-state index contributed by atoms with van der Waals surface area (Å²) in [6.45, 7) is 0.560. The molecule has 0 N–H and O–H groups in total. The van der Waals surface area contributed by atoms with E-state index in [2.05, 4.69) is 9.72 Å². The first-order valence-corrected chi connectivity index (χ1v) is 8.05. The van der Waals surface area contributed by atoms with Gasteiger partial charge in [0.05, 0.1) is 30.4 Å². The Hall–Kier alpha value is -2.34. The van der Waals surface area contributed by atoms with E-state index in [9.17, 15) is 9.18 Å². The van der Waals surface area contributed by atoms with E-state index < -0.39 is 0 Å². The highest BCUT2D eigenvalue weighted by Crippen LogP contribution is 2.25. The second-order valence-corrected chi connectivity index (χ2v) is 5.90. The van der Waals surface area contributed by atoms with E-state index in [4.69, 9.17) is 0 Å². The molecular formula is C17H15FN2O2S. The molecule has 0 saturated heterocycles. The van der Waals surface area contributed by atoms with Gasteiger partial charge >= 0.3 is 5.97 Å². The van der Waals surface area contributed by atoms with Gasteiger partial charge in [0.15, 0.2) is 5.16 Å². The first-order valence-electron chi connectivity index (χ1n) is 7.06. The minimum absolute atomic E-state index is 0.198. The van der Waals surface area contributed by atoms with Crippen LogP contribution in [-0.2, 0) is 16.1 Å². The molecule has 0 atom stereocenters. The molecule has 0 saturated carbocycles. The minimum atomic E-state index is -0.296. The Morgan fingerprint density at radius 2 is 1.96 bits per heavy atom. The summed E-state index contributed by atoms with van der Waals surface area (Å²) < 4.78 is 19.8. The molecular weight excluding hydrogens is 315 g/mol. The van der Waals surface area contributed by atoms with Crippen LogP contribution in [-0.4, -0.2) is 28.4 Å². The van der Waals surface area contributed by atoms with Gasteiger partial charge in [-0.05, 0) is 29.8 Å². The molecule has 4 nitrogen and oxygen atoms in total. The van der Waals surface area contributed by atoms with Gasteiger partial charge in [-0.15, -0.1) is 0 Å². The van der Waals surface area contributed by atoms with E-state index in [1.165, 1.54) is 31.0 Å². The average molecular weight is 330 g/mol. The Kier molecular flexibility index (Phi) is 4.62. The molecule has 6 heteroatoms. The van der Waals surface area contributed by atoms with Crippen LogP contribution in [0.4, 0.5) is 4.39 Å². The number of hydrogen-bond acceptors (Lipinski definition) is 4. The van der Waals surface area contributed by atoms with Crippen molar-refractivity contribution in [3.05, 3.63) is 59.9 Å². The number of benzene rings is 2. The number of nitrogens with zero attached hydrogens (tertiary/aromatic N) is 2. The van der Waals surface area contributed by atoms with Crippen molar-refractivity contribution >= 4 is 28.8 Å². The number of hydrogen-bond donors (Lipinski definition) is 0. The van der Waals surface area contributed by atoms with Crippen LogP contribution < -0.4 is 0 Å². The summed E-state index contributed by atoms with van der Waals surface area (Å²) in [5, 5.41) is 0.737. The number of thioether (sulfide) groups is 1. The van der Waals surface area contributed by atoms with Crippen LogP contribution in [0.15, 0.2) is 53.7 Å². The van der Waals surface area contributed by atoms with Crippen LogP contribution >= 0.6 is 11.8 Å². The number of imidazole rings is 1. The summed E-state index contributed by atoms with van der Waals surface area (Å²) in [5.41, 5.74) is 2.81. The van der Waals surface area contributed by atoms with Crippen LogP contribution in [0.5, 0.6) is 0 Å². The van der Waals surface area contributed by atoms with Gasteiger partial charge in [-0.25, -0.2) is 9.37 Å². The summed E-state index contributed by atoms with van der Waals surface area (Å²) in [6.07, 6.45) is 0. The van der Waals surface area contributed by atoms with E-state index >= 15 is 0 Å². The van der Waals surface area contributed by atoms with Crippen LogP contribution in [0, 0.1) is 5.82 Å². The number of methoxy groups -OCH3 is 1. The SMILES string of the molecule is COC(=O)CSc1nc2ccccc2n1Cc1ccc(F)cc1. The van der Waals surface area contributed by atoms with E-state index in [1.807, 2.05) is 28.8 Å². The highest BCUT2D eigenvalue weighted by molar-refractivity contribution is 7.99. The second-order valence-electron chi connectivity index (χ2n) is 4.96. The summed E-state index contributed by atoms with van der Waals surface area (Å²) in [7, 11) is 1.37. The zero-order valence-corrected chi connectivity index (χ0v) is 13.3. The third kappa shape index (κ3) is 3.53. The number of carbonyl (C=O) groups excluding carboxylic acids is 1. The molecule has 3 aromatic rings. The molecule has 0 fully saturated rings. The molecule has 0 aliphatic heterocycles. The zero-order chi connectivity index (χ0) is 16.2. The molecule has 118 valence electrons. The van der Waals surface area contributed by atoms with Crippen LogP contribution in [0.2, 0.25) is 0 Å². The lowest BCUT2D eigenvalue weighted by Gasteiger charge is -2.09. The van der Waals surface area contributed by atoms with Gasteiger partial charge in [0.2, 0.25) is 0 Å². The Morgan fingerprint density at radius 3 is 2.70 bits per heavy atom. The van der Waals surface area contributed by atoms with Crippen molar-refractivity contribution in [3.8, 4) is 0 Å².